The van der Waals surface area contributed by atoms with Crippen LogP contribution in [-0.2, 0) is 25.4 Å². The molecule has 2 aliphatic heterocycles. The van der Waals surface area contributed by atoms with Gasteiger partial charge in [0, 0.05) is 30.1 Å². The van der Waals surface area contributed by atoms with Crippen molar-refractivity contribution in [3.05, 3.63) is 42.1 Å². The first-order valence-electron chi connectivity index (χ1n) is 19.0. The summed E-state index contributed by atoms with van der Waals surface area (Å²) in [4.78, 5) is 15.6. The number of allylic oxidation sites excluding steroid dienone is 2. The van der Waals surface area contributed by atoms with E-state index in [0.29, 0.717) is 25.1 Å². The Labute approximate surface area is 310 Å². The largest absolute Gasteiger partial charge is 0.462 e. The Hall–Kier alpha value is -2.67. The number of unbranched alkanes of at least 4 members (excludes halogenated alkanes) is 7. The number of rotatable bonds is 22. The van der Waals surface area contributed by atoms with E-state index in [4.69, 9.17) is 18.9 Å². The van der Waals surface area contributed by atoms with Crippen LogP contribution in [0.25, 0.3) is 10.9 Å². The molecule has 15 nitrogen and oxygen atoms in total. The van der Waals surface area contributed by atoms with Crippen molar-refractivity contribution >= 4 is 16.8 Å². The third-order valence-corrected chi connectivity index (χ3v) is 9.83. The van der Waals surface area contributed by atoms with Gasteiger partial charge in [-0.15, -0.1) is 0 Å². The summed E-state index contributed by atoms with van der Waals surface area (Å²) in [6.45, 7) is 1.16. The minimum atomic E-state index is -1.68. The average Bonchev–Trinajstić information content (AvgIpc) is 3.54. The summed E-state index contributed by atoms with van der Waals surface area (Å²) in [6, 6.07) is 5.17. The number of aliphatic hydroxyl groups is 8. The molecule has 0 aliphatic carbocycles. The van der Waals surface area contributed by atoms with Crippen molar-refractivity contribution in [3.8, 4) is 5.75 Å². The van der Waals surface area contributed by atoms with Crippen LogP contribution < -0.4 is 10.1 Å². The maximum absolute atomic E-state index is 12.4. The van der Waals surface area contributed by atoms with Crippen LogP contribution in [0.4, 0.5) is 0 Å². The van der Waals surface area contributed by atoms with E-state index in [0.717, 1.165) is 80.7 Å². The molecule has 1 amide bonds. The predicted molar refractivity (Wildman–Crippen MR) is 194 cm³/mol. The van der Waals surface area contributed by atoms with Crippen molar-refractivity contribution in [3.63, 3.8) is 0 Å². The Morgan fingerprint density at radius 2 is 1.49 bits per heavy atom. The van der Waals surface area contributed by atoms with Crippen LogP contribution in [0.3, 0.4) is 0 Å². The molecule has 1 aromatic carbocycles. The molecule has 2 fully saturated rings. The predicted octanol–water partition coefficient (Wildman–Crippen LogP) is 1.06. The average molecular weight is 753 g/mol. The minimum absolute atomic E-state index is 0.0154. The van der Waals surface area contributed by atoms with Gasteiger partial charge in [-0.25, -0.2) is 0 Å². The molecule has 2 saturated heterocycles. The maximum atomic E-state index is 12.4. The number of aromatic nitrogens is 1. The topological polar surface area (TPSA) is 244 Å². The first-order valence-corrected chi connectivity index (χ1v) is 19.0. The van der Waals surface area contributed by atoms with Crippen LogP contribution in [-0.4, -0.2) is 139 Å². The Kier molecular flexibility index (Phi) is 17.9. The van der Waals surface area contributed by atoms with Gasteiger partial charge in [0.25, 0.3) is 0 Å². The summed E-state index contributed by atoms with van der Waals surface area (Å²) in [5, 5.41) is 84.5. The highest BCUT2D eigenvalue weighted by Crippen LogP contribution is 2.29. The van der Waals surface area contributed by atoms with Gasteiger partial charge in [0.1, 0.15) is 54.6 Å². The van der Waals surface area contributed by atoms with Gasteiger partial charge in [0.15, 0.2) is 6.29 Å². The summed E-state index contributed by atoms with van der Waals surface area (Å²) >= 11 is 0. The third-order valence-electron chi connectivity index (χ3n) is 9.83. The molecule has 0 spiro atoms. The normalized spacial score (nSPS) is 29.8. The van der Waals surface area contributed by atoms with Crippen LogP contribution in [0.5, 0.6) is 5.75 Å². The summed E-state index contributed by atoms with van der Waals surface area (Å²) in [5.74, 6) is 0.324. The third kappa shape index (κ3) is 13.0. The molecular formula is C38H60N2O13. The van der Waals surface area contributed by atoms with Gasteiger partial charge in [0.2, 0.25) is 12.2 Å². The molecule has 0 radical (unpaired) electrons. The first kappa shape index (κ1) is 43.1. The molecule has 1 aromatic heterocycles. The lowest BCUT2D eigenvalue weighted by Gasteiger charge is -2.42. The smallest absolute Gasteiger partial charge is 0.229 e. The zero-order valence-electron chi connectivity index (χ0n) is 30.5. The molecule has 15 heteroatoms. The van der Waals surface area contributed by atoms with E-state index in [-0.39, 0.29) is 12.0 Å². The van der Waals surface area contributed by atoms with Gasteiger partial charge in [-0.2, -0.15) is 0 Å². The van der Waals surface area contributed by atoms with Crippen LogP contribution in [0.15, 0.2) is 36.5 Å². The Morgan fingerprint density at radius 1 is 0.849 bits per heavy atom. The fourth-order valence-corrected chi connectivity index (χ4v) is 6.56. The molecule has 2 aliphatic rings. The second-order valence-corrected chi connectivity index (χ2v) is 14.2. The second kappa shape index (κ2) is 22.0. The molecule has 0 bridgehead atoms. The monoisotopic (exact) mass is 752 g/mol. The molecule has 11 atom stereocenters. The van der Waals surface area contributed by atoms with Crippen molar-refractivity contribution in [2.45, 2.75) is 151 Å². The standard InChI is InChI=1S/C38H60N2O13/c1-23(42)13-11-9-7-5-3-2-4-6-8-10-12-14-30(43)39-18-17-24-20-40-27-16-15-25(19-26(24)27)51-38-36(49)34(47)32(45)29(53-38)22-50-37-35(48)33(46)31(44)28(21-41)52-37/h3,5,15-16,19-20,23,28-29,31-38,40-42,44-49H,2,4,6-14,17-18,21-22H2,1H3,(H,39,43)/b5-3-/t23?,28-,29-,31-,32-,33-,34-,35-,36+,37?,38-/m1/s1. The van der Waals surface area contributed by atoms with E-state index in [1.54, 1.807) is 18.2 Å². The zero-order valence-corrected chi connectivity index (χ0v) is 30.5. The fourth-order valence-electron chi connectivity index (χ4n) is 6.56. The van der Waals surface area contributed by atoms with E-state index < -0.39 is 74.6 Å². The lowest BCUT2D eigenvalue weighted by atomic mass is 9.98. The molecule has 2 unspecified atom stereocenters. The van der Waals surface area contributed by atoms with E-state index in [9.17, 15) is 45.6 Å². The van der Waals surface area contributed by atoms with Gasteiger partial charge in [-0.1, -0.05) is 37.8 Å². The number of aliphatic hydroxyl groups excluding tert-OH is 8. The van der Waals surface area contributed by atoms with E-state index >= 15 is 0 Å². The number of carbonyl (C=O) groups is 1. The Bertz CT molecular complexity index is 1390. The summed E-state index contributed by atoms with van der Waals surface area (Å²) in [6.07, 6.45) is 2.44. The van der Waals surface area contributed by atoms with Gasteiger partial charge in [-0.05, 0) is 75.6 Å². The van der Waals surface area contributed by atoms with Crippen LogP contribution in [0, 0.1) is 0 Å². The number of amides is 1. The zero-order chi connectivity index (χ0) is 38.3. The summed E-state index contributed by atoms with van der Waals surface area (Å²) in [5.41, 5.74) is 1.76. The van der Waals surface area contributed by atoms with Crippen molar-refractivity contribution in [1.29, 1.82) is 0 Å². The molecule has 10 N–H and O–H groups in total. The number of fused-ring (bicyclic) bond motifs is 1. The molecule has 3 heterocycles. The highest BCUT2D eigenvalue weighted by atomic mass is 16.7. The van der Waals surface area contributed by atoms with E-state index in [1.807, 2.05) is 13.1 Å². The number of nitrogens with one attached hydrogen (secondary N) is 2. The van der Waals surface area contributed by atoms with Crippen molar-refractivity contribution in [2.75, 3.05) is 19.8 Å². The number of benzene rings is 1. The van der Waals surface area contributed by atoms with Crippen LogP contribution >= 0.6 is 0 Å². The molecule has 4 rings (SSSR count). The van der Waals surface area contributed by atoms with Gasteiger partial charge < -0.3 is 70.1 Å². The number of carbonyl (C=O) groups excluding carboxylic acids is 1. The quantitative estimate of drug-likeness (QED) is 0.0599. The van der Waals surface area contributed by atoms with Gasteiger partial charge in [0.05, 0.1) is 19.3 Å². The number of hydrogen-bond donors (Lipinski definition) is 10. The van der Waals surface area contributed by atoms with Gasteiger partial charge >= 0.3 is 0 Å². The lowest BCUT2D eigenvalue weighted by molar-refractivity contribution is -0.323. The maximum Gasteiger partial charge on any atom is 0.229 e. The van der Waals surface area contributed by atoms with Crippen molar-refractivity contribution < 1.29 is 64.6 Å². The minimum Gasteiger partial charge on any atom is -0.462 e. The lowest BCUT2D eigenvalue weighted by Crippen LogP contribution is -2.62. The summed E-state index contributed by atoms with van der Waals surface area (Å²) in [7, 11) is 0. The first-order chi connectivity index (χ1) is 25.5. The molecule has 2 aromatic rings. The number of H-pyrrole nitrogens is 1. The molecule has 0 saturated carbocycles. The molecule has 300 valence electrons. The van der Waals surface area contributed by atoms with Crippen molar-refractivity contribution in [2.24, 2.45) is 0 Å². The highest BCUT2D eigenvalue weighted by molar-refractivity contribution is 5.84. The summed E-state index contributed by atoms with van der Waals surface area (Å²) < 4.78 is 22.5. The van der Waals surface area contributed by atoms with Gasteiger partial charge in [-0.3, -0.25) is 4.79 Å². The Morgan fingerprint density at radius 3 is 2.21 bits per heavy atom. The number of hydrogen-bond acceptors (Lipinski definition) is 13. The van der Waals surface area contributed by atoms with Crippen LogP contribution in [0.1, 0.15) is 83.1 Å². The SMILES string of the molecule is CC(O)CCCC/C=C\CCCCCCCC(=O)NCCc1c[nH]c2ccc(O[C@@H]3O[C@H](COC4O[C@H](CO)[C@@H](O)[C@@H](O)[C@H]4O)[C@@H](O)[C@@H](O)[C@@H]3O)cc12. The Balaban J connectivity index is 1.17. The fraction of sp³-hybridized carbons (Fsp3) is 0.711. The number of ether oxygens (including phenoxy) is 4. The highest BCUT2D eigenvalue weighted by Gasteiger charge is 2.48. The molecule has 53 heavy (non-hydrogen) atoms. The van der Waals surface area contributed by atoms with Crippen LogP contribution in [0.2, 0.25) is 0 Å². The number of aromatic amines is 1. The van der Waals surface area contributed by atoms with E-state index in [1.165, 1.54) is 0 Å². The van der Waals surface area contributed by atoms with Crippen molar-refractivity contribution in [1.82, 2.24) is 10.3 Å². The second-order valence-electron chi connectivity index (χ2n) is 14.2. The van der Waals surface area contributed by atoms with E-state index in [2.05, 4.69) is 22.5 Å². The molecular weight excluding hydrogens is 692 g/mol.